The van der Waals surface area contributed by atoms with Crippen molar-refractivity contribution in [1.29, 1.82) is 0 Å². The van der Waals surface area contributed by atoms with Gasteiger partial charge in [-0.15, -0.1) is 0 Å². The van der Waals surface area contributed by atoms with Crippen molar-refractivity contribution in [2.45, 2.75) is 6.92 Å². The van der Waals surface area contributed by atoms with E-state index in [4.69, 9.17) is 37.7 Å². The van der Waals surface area contributed by atoms with Gasteiger partial charge in [-0.2, -0.15) is 0 Å². The number of methoxy groups -OCH3 is 1. The van der Waals surface area contributed by atoms with Crippen molar-refractivity contribution in [1.82, 2.24) is 9.88 Å². The molecular formula is C22H23Cl2N3O3S. The van der Waals surface area contributed by atoms with E-state index in [1.807, 2.05) is 19.1 Å². The number of thiazole rings is 1. The Kier molecular flexibility index (Phi) is 6.99. The molecule has 31 heavy (non-hydrogen) atoms. The van der Waals surface area contributed by atoms with Crippen LogP contribution in [0.15, 0.2) is 30.3 Å². The number of benzene rings is 2. The van der Waals surface area contributed by atoms with Crippen LogP contribution >= 0.6 is 34.5 Å². The molecule has 1 aliphatic heterocycles. The highest BCUT2D eigenvalue weighted by Gasteiger charge is 2.25. The summed E-state index contributed by atoms with van der Waals surface area (Å²) in [6.07, 6.45) is 0. The molecule has 6 nitrogen and oxygen atoms in total. The quantitative estimate of drug-likeness (QED) is 0.503. The van der Waals surface area contributed by atoms with Crippen molar-refractivity contribution < 1.29 is 14.3 Å². The van der Waals surface area contributed by atoms with Gasteiger partial charge in [0.05, 0.1) is 35.6 Å². The summed E-state index contributed by atoms with van der Waals surface area (Å²) in [5.41, 5.74) is 2.20. The minimum absolute atomic E-state index is 0.226. The molecule has 1 aromatic heterocycles. The van der Waals surface area contributed by atoms with Crippen LogP contribution in [0.25, 0.3) is 10.2 Å². The highest BCUT2D eigenvalue weighted by Crippen LogP contribution is 2.37. The lowest BCUT2D eigenvalue weighted by Gasteiger charge is -2.29. The van der Waals surface area contributed by atoms with Crippen molar-refractivity contribution in [3.05, 3.63) is 51.5 Å². The first kappa shape index (κ1) is 22.3. The molecule has 2 heterocycles. The molecule has 0 radical (unpaired) electrons. The predicted molar refractivity (Wildman–Crippen MR) is 126 cm³/mol. The lowest BCUT2D eigenvalue weighted by atomic mass is 10.2. The maximum atomic E-state index is 13.6. The topological polar surface area (TPSA) is 54.9 Å². The molecule has 9 heteroatoms. The van der Waals surface area contributed by atoms with E-state index in [2.05, 4.69) is 4.90 Å². The predicted octanol–water partition coefficient (Wildman–Crippen LogP) is 4.90. The summed E-state index contributed by atoms with van der Waals surface area (Å²) in [5.74, 6) is 0.459. The van der Waals surface area contributed by atoms with Crippen molar-refractivity contribution in [3.63, 3.8) is 0 Å². The maximum absolute atomic E-state index is 13.6. The SMILES string of the molecule is COc1ccc(C)c2sc(N(CCN3CCOCC3)C(=O)c3cc(Cl)ccc3Cl)nc12. The number of aromatic nitrogens is 1. The first-order valence-corrected chi connectivity index (χ1v) is 11.6. The fourth-order valence-corrected chi connectivity index (χ4v) is 4.98. The fourth-order valence-electron chi connectivity index (χ4n) is 3.54. The third-order valence-electron chi connectivity index (χ3n) is 5.29. The normalized spacial score (nSPS) is 14.7. The molecule has 4 rings (SSSR count). The lowest BCUT2D eigenvalue weighted by Crippen LogP contribution is -2.43. The van der Waals surface area contributed by atoms with Crippen LogP contribution < -0.4 is 9.64 Å². The van der Waals surface area contributed by atoms with Gasteiger partial charge in [0.25, 0.3) is 5.91 Å². The number of anilines is 1. The van der Waals surface area contributed by atoms with Crippen molar-refractivity contribution >= 4 is 55.8 Å². The second-order valence-electron chi connectivity index (χ2n) is 7.29. The number of morpholine rings is 1. The second-order valence-corrected chi connectivity index (χ2v) is 9.12. The van der Waals surface area contributed by atoms with Gasteiger partial charge in [-0.1, -0.05) is 40.6 Å². The van der Waals surface area contributed by atoms with E-state index in [9.17, 15) is 4.79 Å². The van der Waals surface area contributed by atoms with Crippen molar-refractivity contribution in [2.75, 3.05) is 51.4 Å². The average molecular weight is 480 g/mol. The molecule has 0 unspecified atom stereocenters. The van der Waals surface area contributed by atoms with E-state index in [1.54, 1.807) is 30.2 Å². The Morgan fingerprint density at radius 3 is 2.77 bits per heavy atom. The Balaban J connectivity index is 1.72. The van der Waals surface area contributed by atoms with Crippen LogP contribution in [-0.2, 0) is 4.74 Å². The van der Waals surface area contributed by atoms with E-state index in [0.717, 1.165) is 28.9 Å². The van der Waals surface area contributed by atoms with Gasteiger partial charge in [0.2, 0.25) is 0 Å². The minimum Gasteiger partial charge on any atom is -0.494 e. The summed E-state index contributed by atoms with van der Waals surface area (Å²) < 4.78 is 11.9. The standard InChI is InChI=1S/C22H23Cl2N3O3S/c1-14-3-6-18(29-2)19-20(14)31-22(25-19)27(8-7-26-9-11-30-12-10-26)21(28)16-13-15(23)4-5-17(16)24/h3-6,13H,7-12H2,1-2H3. The first-order valence-electron chi connectivity index (χ1n) is 9.99. The number of hydrogen-bond donors (Lipinski definition) is 0. The molecular weight excluding hydrogens is 457 g/mol. The molecule has 164 valence electrons. The van der Waals surface area contributed by atoms with Crippen LogP contribution in [0.4, 0.5) is 5.13 Å². The molecule has 1 amide bonds. The van der Waals surface area contributed by atoms with Crippen LogP contribution in [0.2, 0.25) is 10.0 Å². The van der Waals surface area contributed by atoms with Crippen molar-refractivity contribution in [2.24, 2.45) is 0 Å². The monoisotopic (exact) mass is 479 g/mol. The lowest BCUT2D eigenvalue weighted by molar-refractivity contribution is 0.0391. The van der Waals surface area contributed by atoms with Crippen LogP contribution in [0.5, 0.6) is 5.75 Å². The summed E-state index contributed by atoms with van der Waals surface area (Å²) in [4.78, 5) is 22.3. The molecule has 0 aliphatic carbocycles. The third kappa shape index (κ3) is 4.81. The summed E-state index contributed by atoms with van der Waals surface area (Å²) >= 11 is 14.0. The number of rotatable bonds is 6. The molecule has 3 aromatic rings. The van der Waals surface area contributed by atoms with Gasteiger partial charge < -0.3 is 9.47 Å². The number of hydrogen-bond acceptors (Lipinski definition) is 6. The number of fused-ring (bicyclic) bond motifs is 1. The molecule has 0 spiro atoms. The van der Waals surface area contributed by atoms with Crippen LogP contribution in [-0.4, -0.2) is 62.3 Å². The van der Waals surface area contributed by atoms with Gasteiger partial charge >= 0.3 is 0 Å². The summed E-state index contributed by atoms with van der Waals surface area (Å²) in [7, 11) is 1.62. The number of ether oxygens (including phenoxy) is 2. The number of carbonyl (C=O) groups is 1. The zero-order chi connectivity index (χ0) is 22.0. The number of aryl methyl sites for hydroxylation is 1. The molecule has 1 saturated heterocycles. The van der Waals surface area contributed by atoms with Gasteiger partial charge in [0.1, 0.15) is 11.3 Å². The van der Waals surface area contributed by atoms with Crippen LogP contribution in [0.1, 0.15) is 15.9 Å². The third-order valence-corrected chi connectivity index (χ3v) is 7.07. The maximum Gasteiger partial charge on any atom is 0.261 e. The molecule has 2 aromatic carbocycles. The van der Waals surface area contributed by atoms with Gasteiger partial charge in [-0.25, -0.2) is 4.98 Å². The number of amides is 1. The van der Waals surface area contributed by atoms with E-state index in [0.29, 0.717) is 52.8 Å². The minimum atomic E-state index is -0.226. The Hall–Kier alpha value is -1.90. The highest BCUT2D eigenvalue weighted by molar-refractivity contribution is 7.22. The smallest absolute Gasteiger partial charge is 0.261 e. The van der Waals surface area contributed by atoms with E-state index < -0.39 is 0 Å². The molecule has 0 bridgehead atoms. The first-order chi connectivity index (χ1) is 15.0. The van der Waals surface area contributed by atoms with E-state index >= 15 is 0 Å². The fraction of sp³-hybridized carbons (Fsp3) is 0.364. The zero-order valence-electron chi connectivity index (χ0n) is 17.4. The Bertz CT molecular complexity index is 1100. The van der Waals surface area contributed by atoms with Gasteiger partial charge in [-0.3, -0.25) is 14.6 Å². The molecule has 0 saturated carbocycles. The van der Waals surface area contributed by atoms with Gasteiger partial charge in [0.15, 0.2) is 5.13 Å². The number of halogens is 2. The summed E-state index contributed by atoms with van der Waals surface area (Å²) in [6.45, 7) is 6.29. The molecule has 1 aliphatic rings. The van der Waals surface area contributed by atoms with Crippen molar-refractivity contribution in [3.8, 4) is 5.75 Å². The summed E-state index contributed by atoms with van der Waals surface area (Å²) in [6, 6.07) is 8.81. The van der Waals surface area contributed by atoms with Crippen LogP contribution in [0, 0.1) is 6.92 Å². The Labute approximate surface area is 195 Å². The Morgan fingerprint density at radius 2 is 2.03 bits per heavy atom. The number of nitrogens with zero attached hydrogens (tertiary/aromatic N) is 3. The largest absolute Gasteiger partial charge is 0.494 e. The van der Waals surface area contributed by atoms with Crippen LogP contribution in [0.3, 0.4) is 0 Å². The highest BCUT2D eigenvalue weighted by atomic mass is 35.5. The zero-order valence-corrected chi connectivity index (χ0v) is 19.7. The van der Waals surface area contributed by atoms with Gasteiger partial charge in [-0.05, 0) is 36.8 Å². The van der Waals surface area contributed by atoms with E-state index in [-0.39, 0.29) is 5.91 Å². The van der Waals surface area contributed by atoms with E-state index in [1.165, 1.54) is 11.3 Å². The summed E-state index contributed by atoms with van der Waals surface area (Å²) in [5, 5.41) is 1.43. The Morgan fingerprint density at radius 1 is 1.26 bits per heavy atom. The molecule has 0 N–H and O–H groups in total. The molecule has 0 atom stereocenters. The second kappa shape index (κ2) is 9.71. The molecule has 1 fully saturated rings. The average Bonchev–Trinajstić information content (AvgIpc) is 3.22. The van der Waals surface area contributed by atoms with Gasteiger partial charge in [0, 0.05) is 31.2 Å². The number of carbonyl (C=O) groups excluding carboxylic acids is 1.